The molecule has 2 aromatic heterocycles. The minimum absolute atomic E-state index is 0.136. The van der Waals surface area contributed by atoms with Crippen molar-refractivity contribution >= 4 is 51.9 Å². The Bertz CT molecular complexity index is 1560. The van der Waals surface area contributed by atoms with E-state index >= 15 is 0 Å². The summed E-state index contributed by atoms with van der Waals surface area (Å²) in [5, 5.41) is 6.79. The molecule has 7 rings (SSSR count). The molecule has 1 saturated heterocycles. The summed E-state index contributed by atoms with van der Waals surface area (Å²) in [5.74, 6) is -1.45. The highest BCUT2D eigenvalue weighted by molar-refractivity contribution is 7.12. The van der Waals surface area contributed by atoms with E-state index in [1.165, 1.54) is 22.7 Å². The minimum Gasteiger partial charge on any atom is -0.358 e. The van der Waals surface area contributed by atoms with Gasteiger partial charge in [-0.05, 0) is 51.7 Å². The average molecular weight is 509 g/mol. The summed E-state index contributed by atoms with van der Waals surface area (Å²) in [6.07, 6.45) is 3.88. The number of carbonyl (C=O) groups is 3. The first-order valence-corrected chi connectivity index (χ1v) is 13.5. The number of benzene rings is 2. The number of hydrogen-bond donors (Lipinski definition) is 1. The Morgan fingerprint density at radius 3 is 2.28 bits per heavy atom. The summed E-state index contributed by atoms with van der Waals surface area (Å²) in [6, 6.07) is 21.4. The second kappa shape index (κ2) is 7.85. The van der Waals surface area contributed by atoms with Crippen LogP contribution in [0, 0.1) is 5.92 Å². The topological polar surface area (TPSA) is 66.5 Å². The molecular formula is C29H20N2O3S2. The summed E-state index contributed by atoms with van der Waals surface area (Å²) in [4.78, 5) is 45.9. The van der Waals surface area contributed by atoms with Crippen molar-refractivity contribution in [3.8, 4) is 0 Å². The molecule has 1 N–H and O–H groups in total. The predicted molar refractivity (Wildman–Crippen MR) is 141 cm³/mol. The van der Waals surface area contributed by atoms with Gasteiger partial charge >= 0.3 is 0 Å². The van der Waals surface area contributed by atoms with Gasteiger partial charge in [0.15, 0.2) is 11.6 Å². The van der Waals surface area contributed by atoms with Gasteiger partial charge in [-0.3, -0.25) is 14.4 Å². The third-order valence-corrected chi connectivity index (χ3v) is 9.42. The predicted octanol–water partition coefficient (Wildman–Crippen LogP) is 5.79. The van der Waals surface area contributed by atoms with Crippen LogP contribution in [0.4, 0.5) is 5.69 Å². The highest BCUT2D eigenvalue weighted by Gasteiger charge is 2.70. The number of fused-ring (bicyclic) bond motifs is 6. The molecule has 1 fully saturated rings. The molecule has 36 heavy (non-hydrogen) atoms. The molecule has 0 radical (unpaired) electrons. The second-order valence-corrected chi connectivity index (χ2v) is 11.2. The average Bonchev–Trinajstić information content (AvgIpc) is 3.70. The van der Waals surface area contributed by atoms with Gasteiger partial charge in [-0.25, -0.2) is 0 Å². The van der Waals surface area contributed by atoms with E-state index in [0.717, 1.165) is 16.7 Å². The number of Topliss-reactive ketones (excluding diaryl/α,β-unsaturated/α-hetero) is 2. The molecule has 1 amide bonds. The monoisotopic (exact) mass is 508 g/mol. The molecule has 4 aromatic rings. The lowest BCUT2D eigenvalue weighted by molar-refractivity contribution is -0.122. The van der Waals surface area contributed by atoms with Crippen molar-refractivity contribution in [1.82, 2.24) is 4.90 Å². The fourth-order valence-corrected chi connectivity index (χ4v) is 7.71. The van der Waals surface area contributed by atoms with E-state index in [2.05, 4.69) is 5.32 Å². The maximum absolute atomic E-state index is 14.4. The zero-order valence-corrected chi connectivity index (χ0v) is 20.6. The van der Waals surface area contributed by atoms with Crippen LogP contribution >= 0.6 is 22.7 Å². The molecule has 3 aliphatic rings. The van der Waals surface area contributed by atoms with Crippen LogP contribution < -0.4 is 5.32 Å². The van der Waals surface area contributed by atoms with Crippen molar-refractivity contribution in [2.24, 2.45) is 5.92 Å². The van der Waals surface area contributed by atoms with Crippen molar-refractivity contribution < 1.29 is 14.4 Å². The van der Waals surface area contributed by atoms with Crippen LogP contribution in [0.1, 0.15) is 42.1 Å². The van der Waals surface area contributed by atoms with Gasteiger partial charge < -0.3 is 10.2 Å². The van der Waals surface area contributed by atoms with Crippen molar-refractivity contribution in [2.45, 2.75) is 17.5 Å². The summed E-state index contributed by atoms with van der Waals surface area (Å²) < 4.78 is 0. The van der Waals surface area contributed by atoms with Gasteiger partial charge in [0.1, 0.15) is 11.5 Å². The van der Waals surface area contributed by atoms with Crippen molar-refractivity contribution in [2.75, 3.05) is 5.32 Å². The number of hydrogen-bond acceptors (Lipinski definition) is 6. The normalized spacial score (nSPS) is 25.4. The van der Waals surface area contributed by atoms with Gasteiger partial charge in [0.25, 0.3) is 0 Å². The number of anilines is 1. The van der Waals surface area contributed by atoms with Crippen molar-refractivity contribution in [1.29, 1.82) is 0 Å². The molecule has 0 bridgehead atoms. The van der Waals surface area contributed by atoms with E-state index in [1.807, 2.05) is 88.6 Å². The molecule has 0 aliphatic carbocycles. The third kappa shape index (κ3) is 2.72. The van der Waals surface area contributed by atoms with Gasteiger partial charge in [0, 0.05) is 11.9 Å². The number of amides is 1. The second-order valence-electron chi connectivity index (χ2n) is 9.27. The third-order valence-electron chi connectivity index (χ3n) is 7.65. The van der Waals surface area contributed by atoms with E-state index in [-0.39, 0.29) is 17.5 Å². The van der Waals surface area contributed by atoms with E-state index in [1.54, 1.807) is 12.1 Å². The van der Waals surface area contributed by atoms with E-state index in [4.69, 9.17) is 0 Å². The van der Waals surface area contributed by atoms with Crippen LogP contribution in [-0.4, -0.2) is 28.4 Å². The fraction of sp³-hybridized carbons (Fsp3) is 0.138. The first-order valence-electron chi connectivity index (χ1n) is 11.7. The molecule has 3 aliphatic heterocycles. The van der Waals surface area contributed by atoms with Crippen molar-refractivity contribution in [3.05, 3.63) is 116 Å². The molecule has 2 aromatic carbocycles. The van der Waals surface area contributed by atoms with Gasteiger partial charge in [0.2, 0.25) is 5.91 Å². The lowest BCUT2D eigenvalue weighted by Gasteiger charge is -2.38. The molecule has 0 unspecified atom stereocenters. The lowest BCUT2D eigenvalue weighted by Crippen LogP contribution is -2.49. The lowest BCUT2D eigenvalue weighted by atomic mass is 9.63. The molecule has 176 valence electrons. The number of nitrogens with zero attached hydrogens (tertiary/aromatic N) is 1. The molecule has 5 heterocycles. The number of carbonyl (C=O) groups excluding carboxylic acids is 3. The van der Waals surface area contributed by atoms with Gasteiger partial charge in [-0.1, -0.05) is 54.6 Å². The Balaban J connectivity index is 1.56. The molecule has 5 nitrogen and oxygen atoms in total. The SMILES string of the molecule is O=C(c1cccs1)[C@@H]1[C@H](C(=O)c2cccs2)[C@]2(C(=O)Nc3ccccc32)[C@H]2c3ccccc3C=CN12. The summed E-state index contributed by atoms with van der Waals surface area (Å²) in [5.41, 5.74) is 2.13. The zero-order chi connectivity index (χ0) is 24.4. The number of thiophene rings is 2. The minimum atomic E-state index is -1.27. The van der Waals surface area contributed by atoms with Crippen LogP contribution in [0.3, 0.4) is 0 Å². The molecule has 4 atom stereocenters. The van der Waals surface area contributed by atoms with Crippen LogP contribution in [0.15, 0.2) is 89.8 Å². The summed E-state index contributed by atoms with van der Waals surface area (Å²) in [7, 11) is 0. The Hall–Kier alpha value is -3.81. The van der Waals surface area contributed by atoms with Gasteiger partial charge in [-0.2, -0.15) is 0 Å². The quantitative estimate of drug-likeness (QED) is 0.354. The van der Waals surface area contributed by atoms with Gasteiger partial charge in [-0.15, -0.1) is 22.7 Å². The van der Waals surface area contributed by atoms with Crippen LogP contribution in [0.25, 0.3) is 6.08 Å². The first-order chi connectivity index (χ1) is 17.6. The Labute approximate surface area is 215 Å². The van der Waals surface area contributed by atoms with Gasteiger partial charge in [0.05, 0.1) is 21.7 Å². The number of nitrogens with one attached hydrogen (secondary N) is 1. The highest BCUT2D eigenvalue weighted by Crippen LogP contribution is 2.62. The Morgan fingerprint density at radius 1 is 0.833 bits per heavy atom. The maximum Gasteiger partial charge on any atom is 0.238 e. The van der Waals surface area contributed by atoms with Crippen molar-refractivity contribution in [3.63, 3.8) is 0 Å². The molecular weight excluding hydrogens is 488 g/mol. The number of para-hydroxylation sites is 1. The van der Waals surface area contributed by atoms with E-state index < -0.39 is 23.4 Å². The maximum atomic E-state index is 14.4. The number of ketones is 2. The molecule has 1 spiro atoms. The first kappa shape index (κ1) is 21.5. The molecule has 7 heteroatoms. The number of rotatable bonds is 4. The Kier molecular flexibility index (Phi) is 4.68. The molecule has 0 saturated carbocycles. The zero-order valence-electron chi connectivity index (χ0n) is 19.0. The summed E-state index contributed by atoms with van der Waals surface area (Å²) in [6.45, 7) is 0. The van der Waals surface area contributed by atoms with Crippen LogP contribution in [0.2, 0.25) is 0 Å². The fourth-order valence-electron chi connectivity index (χ4n) is 6.30. The Morgan fingerprint density at radius 2 is 1.53 bits per heavy atom. The van der Waals surface area contributed by atoms with Crippen LogP contribution in [0.5, 0.6) is 0 Å². The highest BCUT2D eigenvalue weighted by atomic mass is 32.1. The van der Waals surface area contributed by atoms with Crippen LogP contribution in [-0.2, 0) is 10.2 Å². The summed E-state index contributed by atoms with van der Waals surface area (Å²) >= 11 is 2.71. The largest absolute Gasteiger partial charge is 0.358 e. The van der Waals surface area contributed by atoms with E-state index in [9.17, 15) is 14.4 Å². The standard InChI is InChI=1S/C29H20N2O3S2/c32-25(21-11-5-15-35-21)23-24(26(33)22-12-6-16-36-22)31-14-13-17-7-1-2-8-18(17)27(31)29(23)19-9-3-4-10-20(19)30-28(29)34/h1-16,23-24,27H,(H,30,34)/t23-,24+,27-,29+/m1/s1. The smallest absolute Gasteiger partial charge is 0.238 e. The van der Waals surface area contributed by atoms with E-state index in [0.29, 0.717) is 15.4 Å².